The van der Waals surface area contributed by atoms with E-state index in [4.69, 9.17) is 16.3 Å². The van der Waals surface area contributed by atoms with Crippen LogP contribution in [0.5, 0.6) is 5.75 Å². The number of aromatic nitrogens is 1. The predicted octanol–water partition coefficient (Wildman–Crippen LogP) is 2.98. The van der Waals surface area contributed by atoms with Gasteiger partial charge in [0, 0.05) is 6.20 Å². The molecule has 0 saturated carbocycles. The van der Waals surface area contributed by atoms with Crippen LogP contribution in [0.3, 0.4) is 0 Å². The van der Waals surface area contributed by atoms with Crippen molar-refractivity contribution < 1.29 is 14.6 Å². The number of rotatable bonds is 5. The van der Waals surface area contributed by atoms with Crippen LogP contribution in [0.15, 0.2) is 48.7 Å². The van der Waals surface area contributed by atoms with E-state index in [1.54, 1.807) is 42.6 Å². The van der Waals surface area contributed by atoms with E-state index >= 15 is 0 Å². The maximum Gasteiger partial charge on any atom is 0.314 e. The summed E-state index contributed by atoms with van der Waals surface area (Å²) in [7, 11) is 0. The number of benzene rings is 1. The minimum atomic E-state index is -0.939. The van der Waals surface area contributed by atoms with Crippen LogP contribution >= 0.6 is 11.6 Å². The van der Waals surface area contributed by atoms with E-state index in [1.807, 2.05) is 6.07 Å². The number of pyridine rings is 1. The molecule has 2 aromatic rings. The lowest BCUT2D eigenvalue weighted by molar-refractivity contribution is -0.139. The second-order valence-corrected chi connectivity index (χ2v) is 4.26. The van der Waals surface area contributed by atoms with Gasteiger partial charge in [-0.3, -0.25) is 4.79 Å². The molecule has 19 heavy (non-hydrogen) atoms. The average molecular weight is 278 g/mol. The molecule has 0 saturated heterocycles. The minimum Gasteiger partial charge on any atom is -0.489 e. The number of hydrogen-bond donors (Lipinski definition) is 1. The molecule has 0 fully saturated rings. The van der Waals surface area contributed by atoms with E-state index in [2.05, 4.69) is 4.98 Å². The molecule has 0 aliphatic heterocycles. The van der Waals surface area contributed by atoms with Crippen molar-refractivity contribution in [3.63, 3.8) is 0 Å². The van der Waals surface area contributed by atoms with E-state index in [0.717, 1.165) is 0 Å². The summed E-state index contributed by atoms with van der Waals surface area (Å²) in [5.74, 6) is -1.30. The fraction of sp³-hybridized carbons (Fsp3) is 0.143. The Bertz CT molecular complexity index is 560. The molecule has 0 amide bonds. The molecule has 5 heteroatoms. The van der Waals surface area contributed by atoms with Crippen LogP contribution in [0, 0.1) is 0 Å². The van der Waals surface area contributed by atoms with Gasteiger partial charge in [-0.05, 0) is 17.7 Å². The maximum atomic E-state index is 11.3. The highest BCUT2D eigenvalue weighted by Gasteiger charge is 2.20. The predicted molar refractivity (Wildman–Crippen MR) is 71.6 cm³/mol. The van der Waals surface area contributed by atoms with Crippen LogP contribution in [0.1, 0.15) is 11.5 Å². The lowest BCUT2D eigenvalue weighted by Crippen LogP contribution is -2.19. The molecule has 0 aliphatic rings. The largest absolute Gasteiger partial charge is 0.489 e. The number of hydrogen-bond acceptors (Lipinski definition) is 3. The van der Waals surface area contributed by atoms with Gasteiger partial charge in [0.2, 0.25) is 0 Å². The van der Waals surface area contributed by atoms with Gasteiger partial charge >= 0.3 is 5.97 Å². The molecule has 1 heterocycles. The third-order valence-electron chi connectivity index (χ3n) is 2.63. The number of carboxylic acid groups (broad SMARTS) is 1. The fourth-order valence-corrected chi connectivity index (χ4v) is 1.82. The molecular weight excluding hydrogens is 266 g/mol. The average Bonchev–Trinajstić information content (AvgIpc) is 2.42. The van der Waals surface area contributed by atoms with Gasteiger partial charge in [-0.2, -0.15) is 0 Å². The Balaban J connectivity index is 2.11. The SMILES string of the molecule is O=C(O)C(COc1cccnc1Cl)c1ccccc1. The molecule has 1 aromatic carbocycles. The van der Waals surface area contributed by atoms with E-state index in [-0.39, 0.29) is 11.8 Å². The quantitative estimate of drug-likeness (QED) is 0.854. The summed E-state index contributed by atoms with van der Waals surface area (Å²) in [6.45, 7) is 0.00472. The van der Waals surface area contributed by atoms with Crippen LogP contribution in [0.4, 0.5) is 0 Å². The van der Waals surface area contributed by atoms with Crippen molar-refractivity contribution in [3.05, 3.63) is 59.4 Å². The lowest BCUT2D eigenvalue weighted by Gasteiger charge is -2.14. The van der Waals surface area contributed by atoms with Crippen molar-refractivity contribution in [2.75, 3.05) is 6.61 Å². The fourth-order valence-electron chi connectivity index (χ4n) is 1.65. The van der Waals surface area contributed by atoms with E-state index in [0.29, 0.717) is 11.3 Å². The van der Waals surface area contributed by atoms with Gasteiger partial charge in [-0.15, -0.1) is 0 Å². The Morgan fingerprint density at radius 2 is 2.00 bits per heavy atom. The minimum absolute atomic E-state index is 0.00472. The highest BCUT2D eigenvalue weighted by Crippen LogP contribution is 2.23. The molecule has 4 nitrogen and oxygen atoms in total. The second-order valence-electron chi connectivity index (χ2n) is 3.90. The Kier molecular flexibility index (Phi) is 4.36. The lowest BCUT2D eigenvalue weighted by atomic mass is 10.0. The first kappa shape index (κ1) is 13.4. The number of halogens is 1. The standard InChI is InChI=1S/C14H12ClNO3/c15-13-12(7-4-8-16-13)19-9-11(14(17)18)10-5-2-1-3-6-10/h1-8,11H,9H2,(H,17,18). The molecule has 2 rings (SSSR count). The van der Waals surface area contributed by atoms with Crippen LogP contribution < -0.4 is 4.74 Å². The van der Waals surface area contributed by atoms with Gasteiger partial charge in [0.1, 0.15) is 12.5 Å². The first-order valence-corrected chi connectivity index (χ1v) is 6.07. The highest BCUT2D eigenvalue weighted by atomic mass is 35.5. The van der Waals surface area contributed by atoms with Gasteiger partial charge in [0.15, 0.2) is 10.9 Å². The van der Waals surface area contributed by atoms with Crippen LogP contribution in [-0.4, -0.2) is 22.7 Å². The first-order chi connectivity index (χ1) is 9.18. The number of ether oxygens (including phenoxy) is 1. The van der Waals surface area contributed by atoms with Crippen molar-refractivity contribution in [1.29, 1.82) is 0 Å². The smallest absolute Gasteiger partial charge is 0.314 e. The zero-order valence-corrected chi connectivity index (χ0v) is 10.7. The topological polar surface area (TPSA) is 59.4 Å². The van der Waals surface area contributed by atoms with Gasteiger partial charge in [0.25, 0.3) is 0 Å². The van der Waals surface area contributed by atoms with E-state index in [9.17, 15) is 9.90 Å². The van der Waals surface area contributed by atoms with Crippen LogP contribution in [-0.2, 0) is 4.79 Å². The van der Waals surface area contributed by atoms with Gasteiger partial charge in [-0.25, -0.2) is 4.98 Å². The molecule has 1 atom stereocenters. The van der Waals surface area contributed by atoms with E-state index in [1.165, 1.54) is 0 Å². The number of carbonyl (C=O) groups is 1. The number of nitrogens with zero attached hydrogens (tertiary/aromatic N) is 1. The molecular formula is C14H12ClNO3. The van der Waals surface area contributed by atoms with Crippen molar-refractivity contribution in [2.24, 2.45) is 0 Å². The summed E-state index contributed by atoms with van der Waals surface area (Å²) in [5.41, 5.74) is 0.690. The summed E-state index contributed by atoms with van der Waals surface area (Å²) < 4.78 is 5.44. The third-order valence-corrected chi connectivity index (χ3v) is 2.91. The van der Waals surface area contributed by atoms with Crippen LogP contribution in [0.25, 0.3) is 0 Å². The van der Waals surface area contributed by atoms with Crippen molar-refractivity contribution >= 4 is 17.6 Å². The number of aliphatic carboxylic acids is 1. The Morgan fingerprint density at radius 3 is 2.63 bits per heavy atom. The van der Waals surface area contributed by atoms with Gasteiger partial charge in [-0.1, -0.05) is 41.9 Å². The first-order valence-electron chi connectivity index (χ1n) is 5.69. The van der Waals surface area contributed by atoms with Gasteiger partial charge in [0.05, 0.1) is 0 Å². The Hall–Kier alpha value is -2.07. The molecule has 0 bridgehead atoms. The summed E-state index contributed by atoms with van der Waals surface area (Å²) in [6, 6.07) is 12.3. The monoisotopic (exact) mass is 277 g/mol. The summed E-state index contributed by atoms with van der Waals surface area (Å²) in [6.07, 6.45) is 1.54. The van der Waals surface area contributed by atoms with Gasteiger partial charge < -0.3 is 9.84 Å². The zero-order valence-electron chi connectivity index (χ0n) is 9.99. The molecule has 98 valence electrons. The molecule has 0 radical (unpaired) electrons. The third kappa shape index (κ3) is 3.45. The number of carboxylic acids is 1. The van der Waals surface area contributed by atoms with Crippen molar-refractivity contribution in [3.8, 4) is 5.75 Å². The zero-order chi connectivity index (χ0) is 13.7. The molecule has 1 N–H and O–H groups in total. The maximum absolute atomic E-state index is 11.3. The van der Waals surface area contributed by atoms with E-state index < -0.39 is 11.9 Å². The van der Waals surface area contributed by atoms with Crippen molar-refractivity contribution in [2.45, 2.75) is 5.92 Å². The molecule has 1 aromatic heterocycles. The summed E-state index contributed by atoms with van der Waals surface area (Å²) in [5, 5.41) is 9.47. The summed E-state index contributed by atoms with van der Waals surface area (Å²) >= 11 is 5.85. The Morgan fingerprint density at radius 1 is 1.26 bits per heavy atom. The highest BCUT2D eigenvalue weighted by molar-refractivity contribution is 6.30. The van der Waals surface area contributed by atoms with Crippen molar-refractivity contribution in [1.82, 2.24) is 4.98 Å². The second kappa shape index (κ2) is 6.20. The summed E-state index contributed by atoms with van der Waals surface area (Å²) in [4.78, 5) is 15.1. The molecule has 0 aliphatic carbocycles. The van der Waals surface area contributed by atoms with Crippen LogP contribution in [0.2, 0.25) is 5.15 Å². The molecule has 1 unspecified atom stereocenters. The normalized spacial score (nSPS) is 11.8. The Labute approximate surface area is 115 Å². The molecule has 0 spiro atoms.